The quantitative estimate of drug-likeness (QED) is 0.414. The molecule has 0 aliphatic heterocycles. The SMILES string of the molecule is CC(=O)c1c(C)[nH]c(C(=O)COC(=O)COc2ccccc2Cc2ccccc2)c1C. The maximum atomic E-state index is 12.4. The van der Waals surface area contributed by atoms with Crippen LogP contribution >= 0.6 is 0 Å². The van der Waals surface area contributed by atoms with Crippen LogP contribution in [0.5, 0.6) is 5.75 Å². The number of hydrogen-bond acceptors (Lipinski definition) is 5. The van der Waals surface area contributed by atoms with E-state index in [9.17, 15) is 14.4 Å². The monoisotopic (exact) mass is 419 g/mol. The van der Waals surface area contributed by atoms with Crippen molar-refractivity contribution in [2.75, 3.05) is 13.2 Å². The molecule has 0 spiro atoms. The Hall–Kier alpha value is -3.67. The van der Waals surface area contributed by atoms with E-state index >= 15 is 0 Å². The van der Waals surface area contributed by atoms with Gasteiger partial charge in [0.05, 0.1) is 5.69 Å². The standard InChI is InChI=1S/C25H25NO5/c1-16-24(18(3)27)17(2)26-25(16)21(28)14-31-23(29)15-30-22-12-8-7-11-20(22)13-19-9-5-4-6-10-19/h4-12,26H,13-15H2,1-3H3. The van der Waals surface area contributed by atoms with Crippen LogP contribution in [0.3, 0.4) is 0 Å². The van der Waals surface area contributed by atoms with E-state index in [4.69, 9.17) is 9.47 Å². The Morgan fingerprint density at radius 1 is 0.903 bits per heavy atom. The Morgan fingerprint density at radius 3 is 2.26 bits per heavy atom. The highest BCUT2D eigenvalue weighted by Gasteiger charge is 2.21. The molecule has 0 saturated heterocycles. The summed E-state index contributed by atoms with van der Waals surface area (Å²) in [6.07, 6.45) is 0.675. The van der Waals surface area contributed by atoms with Crippen LogP contribution in [-0.4, -0.2) is 35.7 Å². The number of aryl methyl sites for hydroxylation is 1. The first-order valence-electron chi connectivity index (χ1n) is 10.0. The maximum Gasteiger partial charge on any atom is 0.344 e. The number of hydrogen-bond donors (Lipinski definition) is 1. The van der Waals surface area contributed by atoms with Crippen LogP contribution in [0.1, 0.15) is 50.2 Å². The summed E-state index contributed by atoms with van der Waals surface area (Å²) >= 11 is 0. The number of Topliss-reactive ketones (excluding diaryl/α,β-unsaturated/α-hetero) is 2. The van der Waals surface area contributed by atoms with Gasteiger partial charge in [-0.1, -0.05) is 48.5 Å². The molecule has 6 nitrogen and oxygen atoms in total. The van der Waals surface area contributed by atoms with Gasteiger partial charge in [-0.3, -0.25) is 9.59 Å². The molecule has 0 aliphatic rings. The second kappa shape index (κ2) is 9.89. The molecule has 6 heteroatoms. The number of para-hydroxylation sites is 1. The predicted molar refractivity (Wildman–Crippen MR) is 117 cm³/mol. The fraction of sp³-hybridized carbons (Fsp3) is 0.240. The van der Waals surface area contributed by atoms with Crippen LogP contribution < -0.4 is 4.74 Å². The number of aromatic nitrogens is 1. The van der Waals surface area contributed by atoms with Crippen molar-refractivity contribution in [3.05, 3.63) is 88.2 Å². The summed E-state index contributed by atoms with van der Waals surface area (Å²) in [7, 11) is 0. The molecule has 0 unspecified atom stereocenters. The van der Waals surface area contributed by atoms with Gasteiger partial charge in [-0.15, -0.1) is 0 Å². The van der Waals surface area contributed by atoms with Gasteiger partial charge in [0.1, 0.15) is 5.75 Å². The Bertz CT molecular complexity index is 1100. The number of ether oxygens (including phenoxy) is 2. The summed E-state index contributed by atoms with van der Waals surface area (Å²) in [5.41, 5.74) is 4.05. The van der Waals surface area contributed by atoms with Crippen molar-refractivity contribution in [1.29, 1.82) is 0 Å². The van der Waals surface area contributed by atoms with E-state index in [2.05, 4.69) is 4.98 Å². The molecule has 0 radical (unpaired) electrons. The van der Waals surface area contributed by atoms with Gasteiger partial charge in [0, 0.05) is 17.7 Å². The fourth-order valence-corrected chi connectivity index (χ4v) is 3.56. The highest BCUT2D eigenvalue weighted by molar-refractivity contribution is 6.04. The first-order valence-corrected chi connectivity index (χ1v) is 10.0. The minimum absolute atomic E-state index is 0.120. The highest BCUT2D eigenvalue weighted by Crippen LogP contribution is 2.22. The molecule has 3 aromatic rings. The van der Waals surface area contributed by atoms with Gasteiger partial charge in [-0.05, 0) is 43.5 Å². The topological polar surface area (TPSA) is 85.5 Å². The van der Waals surface area contributed by atoms with Gasteiger partial charge in [-0.25, -0.2) is 4.79 Å². The number of carbonyl (C=O) groups excluding carboxylic acids is 3. The first kappa shape index (κ1) is 22.0. The van der Waals surface area contributed by atoms with Gasteiger partial charge in [0.2, 0.25) is 5.78 Å². The lowest BCUT2D eigenvalue weighted by atomic mass is 10.0. The molecular formula is C25H25NO5. The molecule has 0 atom stereocenters. The van der Waals surface area contributed by atoms with Crippen molar-refractivity contribution in [3.63, 3.8) is 0 Å². The zero-order valence-electron chi connectivity index (χ0n) is 17.9. The molecule has 0 saturated carbocycles. The molecule has 31 heavy (non-hydrogen) atoms. The first-order chi connectivity index (χ1) is 14.9. The second-order valence-electron chi connectivity index (χ2n) is 7.32. The number of carbonyl (C=O) groups is 3. The molecule has 1 aromatic heterocycles. The van der Waals surface area contributed by atoms with Gasteiger partial charge >= 0.3 is 5.97 Å². The molecule has 0 amide bonds. The molecule has 2 aromatic carbocycles. The fourth-order valence-electron chi connectivity index (χ4n) is 3.56. The normalized spacial score (nSPS) is 10.5. The predicted octanol–water partition coefficient (Wildman–Crippen LogP) is 4.23. The summed E-state index contributed by atoms with van der Waals surface area (Å²) in [5.74, 6) is -0.567. The summed E-state index contributed by atoms with van der Waals surface area (Å²) in [4.78, 5) is 39.2. The van der Waals surface area contributed by atoms with Crippen molar-refractivity contribution >= 4 is 17.5 Å². The third-order valence-corrected chi connectivity index (χ3v) is 4.99. The van der Waals surface area contributed by atoms with Gasteiger partial charge in [-0.2, -0.15) is 0 Å². The van der Waals surface area contributed by atoms with E-state index in [0.717, 1.165) is 11.1 Å². The van der Waals surface area contributed by atoms with Crippen molar-refractivity contribution in [3.8, 4) is 5.75 Å². The van der Waals surface area contributed by atoms with Gasteiger partial charge in [0.15, 0.2) is 19.0 Å². The zero-order valence-corrected chi connectivity index (χ0v) is 17.9. The molecule has 0 fully saturated rings. The zero-order chi connectivity index (χ0) is 22.4. The number of nitrogens with one attached hydrogen (secondary N) is 1. The van der Waals surface area contributed by atoms with E-state index in [0.29, 0.717) is 29.0 Å². The Balaban J connectivity index is 1.56. The molecule has 1 heterocycles. The molecule has 0 bridgehead atoms. The lowest BCUT2D eigenvalue weighted by Crippen LogP contribution is -2.20. The summed E-state index contributed by atoms with van der Waals surface area (Å²) in [5, 5.41) is 0. The summed E-state index contributed by atoms with van der Waals surface area (Å²) in [6.45, 7) is 4.15. The number of esters is 1. The van der Waals surface area contributed by atoms with E-state index in [1.165, 1.54) is 6.92 Å². The van der Waals surface area contributed by atoms with E-state index in [1.54, 1.807) is 19.9 Å². The molecule has 3 rings (SSSR count). The lowest BCUT2D eigenvalue weighted by molar-refractivity contribution is -0.144. The maximum absolute atomic E-state index is 12.4. The molecular weight excluding hydrogens is 394 g/mol. The number of ketones is 2. The average molecular weight is 419 g/mol. The minimum Gasteiger partial charge on any atom is -0.482 e. The number of benzene rings is 2. The Morgan fingerprint density at radius 2 is 1.58 bits per heavy atom. The van der Waals surface area contributed by atoms with E-state index in [-0.39, 0.29) is 18.1 Å². The third-order valence-electron chi connectivity index (χ3n) is 4.99. The molecule has 160 valence electrons. The van der Waals surface area contributed by atoms with Crippen LogP contribution in [0.2, 0.25) is 0 Å². The van der Waals surface area contributed by atoms with E-state index < -0.39 is 18.4 Å². The average Bonchev–Trinajstić information content (AvgIpc) is 3.06. The van der Waals surface area contributed by atoms with Crippen molar-refractivity contribution in [1.82, 2.24) is 4.98 Å². The largest absolute Gasteiger partial charge is 0.482 e. The smallest absolute Gasteiger partial charge is 0.344 e. The lowest BCUT2D eigenvalue weighted by Gasteiger charge is -2.11. The Labute approximate surface area is 181 Å². The van der Waals surface area contributed by atoms with Gasteiger partial charge < -0.3 is 14.5 Å². The number of aromatic amines is 1. The van der Waals surface area contributed by atoms with Crippen molar-refractivity contribution in [2.45, 2.75) is 27.2 Å². The number of rotatable bonds is 9. The van der Waals surface area contributed by atoms with Crippen LogP contribution in [-0.2, 0) is 16.0 Å². The highest BCUT2D eigenvalue weighted by atomic mass is 16.6. The Kier molecular flexibility index (Phi) is 7.03. The molecule has 1 N–H and O–H groups in total. The van der Waals surface area contributed by atoms with Crippen LogP contribution in [0.15, 0.2) is 54.6 Å². The summed E-state index contributed by atoms with van der Waals surface area (Å²) < 4.78 is 10.7. The number of H-pyrrole nitrogens is 1. The van der Waals surface area contributed by atoms with Crippen molar-refractivity contribution in [2.24, 2.45) is 0 Å². The second-order valence-corrected chi connectivity index (χ2v) is 7.32. The van der Waals surface area contributed by atoms with Crippen LogP contribution in [0.4, 0.5) is 0 Å². The van der Waals surface area contributed by atoms with Crippen molar-refractivity contribution < 1.29 is 23.9 Å². The van der Waals surface area contributed by atoms with Gasteiger partial charge in [0.25, 0.3) is 0 Å². The minimum atomic E-state index is -0.643. The van der Waals surface area contributed by atoms with Crippen LogP contribution in [0.25, 0.3) is 0 Å². The van der Waals surface area contributed by atoms with Crippen LogP contribution in [0, 0.1) is 13.8 Å². The summed E-state index contributed by atoms with van der Waals surface area (Å²) in [6, 6.07) is 17.4. The molecule has 0 aliphatic carbocycles. The van der Waals surface area contributed by atoms with E-state index in [1.807, 2.05) is 48.5 Å². The third kappa shape index (κ3) is 5.48.